The van der Waals surface area contributed by atoms with Gasteiger partial charge in [0.1, 0.15) is 0 Å². The quantitative estimate of drug-likeness (QED) is 0.542. The summed E-state index contributed by atoms with van der Waals surface area (Å²) < 4.78 is 4.49. The van der Waals surface area contributed by atoms with Crippen molar-refractivity contribution in [1.29, 1.82) is 0 Å². The van der Waals surface area contributed by atoms with Crippen LogP contribution in [-0.4, -0.2) is 38.1 Å². The van der Waals surface area contributed by atoms with Crippen LogP contribution in [0.5, 0.6) is 0 Å². The fourth-order valence-corrected chi connectivity index (χ4v) is 1.58. The molecule has 0 aromatic carbocycles. The van der Waals surface area contributed by atoms with Crippen molar-refractivity contribution < 1.29 is 14.3 Å². The molecule has 94 valence electrons. The molecule has 1 atom stereocenters. The minimum atomic E-state index is -0.233. The number of hydrogen-bond donors (Lipinski definition) is 2. The average Bonchev–Trinajstić information content (AvgIpc) is 2.77. The van der Waals surface area contributed by atoms with Crippen molar-refractivity contribution in [2.75, 3.05) is 20.2 Å². The maximum absolute atomic E-state index is 11.5. The third-order valence-corrected chi connectivity index (χ3v) is 2.46. The fourth-order valence-electron chi connectivity index (χ4n) is 1.58. The minimum absolute atomic E-state index is 0. The maximum atomic E-state index is 11.5. The second-order valence-electron chi connectivity index (χ2n) is 3.62. The Morgan fingerprint density at radius 3 is 2.81 bits per heavy atom. The Morgan fingerprint density at radius 2 is 2.25 bits per heavy atom. The Kier molecular flexibility index (Phi) is 7.93. The first-order chi connectivity index (χ1) is 7.24. The van der Waals surface area contributed by atoms with Gasteiger partial charge in [-0.15, -0.1) is 12.4 Å². The van der Waals surface area contributed by atoms with Gasteiger partial charge in [0.05, 0.1) is 13.2 Å². The second-order valence-corrected chi connectivity index (χ2v) is 3.62. The van der Waals surface area contributed by atoms with Crippen molar-refractivity contribution in [3.63, 3.8) is 0 Å². The van der Waals surface area contributed by atoms with Gasteiger partial charge < -0.3 is 15.4 Å². The van der Waals surface area contributed by atoms with Crippen LogP contribution in [0.3, 0.4) is 0 Å². The van der Waals surface area contributed by atoms with Crippen LogP contribution in [0.25, 0.3) is 0 Å². The van der Waals surface area contributed by atoms with E-state index in [0.29, 0.717) is 19.4 Å². The summed E-state index contributed by atoms with van der Waals surface area (Å²) in [6.07, 6.45) is 2.95. The largest absolute Gasteiger partial charge is 0.469 e. The Bertz CT molecular complexity index is 230. The summed E-state index contributed by atoms with van der Waals surface area (Å²) in [5.41, 5.74) is 0. The molecule has 1 fully saturated rings. The van der Waals surface area contributed by atoms with Gasteiger partial charge in [-0.1, -0.05) is 0 Å². The van der Waals surface area contributed by atoms with Crippen molar-refractivity contribution in [3.8, 4) is 0 Å². The highest BCUT2D eigenvalue weighted by molar-refractivity contribution is 5.85. The Balaban J connectivity index is 0.00000225. The van der Waals surface area contributed by atoms with E-state index in [-0.39, 0.29) is 30.3 Å². The molecule has 0 radical (unpaired) electrons. The predicted molar refractivity (Wildman–Crippen MR) is 62.5 cm³/mol. The van der Waals surface area contributed by atoms with Gasteiger partial charge in [-0.3, -0.25) is 9.59 Å². The van der Waals surface area contributed by atoms with E-state index in [0.717, 1.165) is 19.4 Å². The van der Waals surface area contributed by atoms with Crippen LogP contribution < -0.4 is 10.6 Å². The molecule has 0 aliphatic carbocycles. The van der Waals surface area contributed by atoms with Gasteiger partial charge in [0.25, 0.3) is 0 Å². The molecule has 1 rings (SSSR count). The molecule has 6 heteroatoms. The molecule has 1 aliphatic rings. The Morgan fingerprint density at radius 1 is 1.50 bits per heavy atom. The van der Waals surface area contributed by atoms with E-state index in [2.05, 4.69) is 15.4 Å². The normalized spacial score (nSPS) is 18.7. The van der Waals surface area contributed by atoms with Crippen molar-refractivity contribution >= 4 is 24.3 Å². The van der Waals surface area contributed by atoms with E-state index in [1.807, 2.05) is 0 Å². The summed E-state index contributed by atoms with van der Waals surface area (Å²) in [6, 6.07) is -0.0388. The molecule has 1 saturated heterocycles. The fraction of sp³-hybridized carbons (Fsp3) is 0.800. The van der Waals surface area contributed by atoms with Gasteiger partial charge in [0.2, 0.25) is 5.91 Å². The van der Waals surface area contributed by atoms with Crippen molar-refractivity contribution in [2.24, 2.45) is 0 Å². The number of esters is 1. The van der Waals surface area contributed by atoms with Crippen molar-refractivity contribution in [3.05, 3.63) is 0 Å². The molecule has 0 aromatic rings. The molecule has 0 saturated carbocycles. The van der Waals surface area contributed by atoms with Crippen LogP contribution in [0.2, 0.25) is 0 Å². The van der Waals surface area contributed by atoms with Crippen molar-refractivity contribution in [2.45, 2.75) is 31.7 Å². The smallest absolute Gasteiger partial charge is 0.305 e. The monoisotopic (exact) mass is 250 g/mol. The minimum Gasteiger partial charge on any atom is -0.469 e. The van der Waals surface area contributed by atoms with E-state index >= 15 is 0 Å². The topological polar surface area (TPSA) is 67.4 Å². The lowest BCUT2D eigenvalue weighted by Gasteiger charge is -2.10. The lowest BCUT2D eigenvalue weighted by molar-refractivity contribution is -0.140. The lowest BCUT2D eigenvalue weighted by atomic mass is 10.2. The molecule has 2 N–H and O–H groups in total. The second kappa shape index (κ2) is 8.35. The molecular formula is C10H19ClN2O3. The zero-order valence-electron chi connectivity index (χ0n) is 9.45. The molecule has 1 aliphatic heterocycles. The summed E-state index contributed by atoms with van der Waals surface area (Å²) in [5, 5.41) is 5.91. The summed E-state index contributed by atoms with van der Waals surface area (Å²) in [7, 11) is 1.36. The summed E-state index contributed by atoms with van der Waals surface area (Å²) in [6.45, 7) is 1.45. The molecular weight excluding hydrogens is 232 g/mol. The van der Waals surface area contributed by atoms with Gasteiger partial charge >= 0.3 is 5.97 Å². The molecule has 0 spiro atoms. The van der Waals surface area contributed by atoms with E-state index in [1.165, 1.54) is 7.11 Å². The molecule has 16 heavy (non-hydrogen) atoms. The van der Waals surface area contributed by atoms with Gasteiger partial charge in [-0.05, 0) is 25.8 Å². The first kappa shape index (κ1) is 15.2. The summed E-state index contributed by atoms with van der Waals surface area (Å²) in [4.78, 5) is 22.2. The highest BCUT2D eigenvalue weighted by Gasteiger charge is 2.21. The third-order valence-electron chi connectivity index (χ3n) is 2.46. The average molecular weight is 251 g/mol. The zero-order chi connectivity index (χ0) is 11.1. The summed E-state index contributed by atoms with van der Waals surface area (Å²) >= 11 is 0. The van der Waals surface area contributed by atoms with Gasteiger partial charge in [-0.25, -0.2) is 0 Å². The summed E-state index contributed by atoms with van der Waals surface area (Å²) in [5.74, 6) is -0.194. The highest BCUT2D eigenvalue weighted by atomic mass is 35.5. The molecule has 1 heterocycles. The third kappa shape index (κ3) is 5.32. The number of carbonyl (C=O) groups excluding carboxylic acids is 2. The van der Waals surface area contributed by atoms with E-state index in [4.69, 9.17) is 0 Å². The molecule has 0 aromatic heterocycles. The number of halogens is 1. The number of nitrogens with one attached hydrogen (secondary N) is 2. The van der Waals surface area contributed by atoms with E-state index in [9.17, 15) is 9.59 Å². The number of ether oxygens (including phenoxy) is 1. The molecule has 1 amide bonds. The Labute approximate surface area is 102 Å². The maximum Gasteiger partial charge on any atom is 0.305 e. The molecule has 5 nitrogen and oxygen atoms in total. The van der Waals surface area contributed by atoms with E-state index < -0.39 is 0 Å². The number of hydrogen-bond acceptors (Lipinski definition) is 4. The van der Waals surface area contributed by atoms with Crippen LogP contribution >= 0.6 is 12.4 Å². The van der Waals surface area contributed by atoms with Crippen LogP contribution in [0.1, 0.15) is 25.7 Å². The highest BCUT2D eigenvalue weighted by Crippen LogP contribution is 2.04. The first-order valence-electron chi connectivity index (χ1n) is 5.32. The SMILES string of the molecule is COC(=O)CCCNC(=O)C1CCCN1.Cl. The molecule has 1 unspecified atom stereocenters. The predicted octanol–water partition coefficient (Wildman–Crippen LogP) is 0.230. The molecule has 0 bridgehead atoms. The van der Waals surface area contributed by atoms with Crippen LogP contribution in [0.15, 0.2) is 0 Å². The van der Waals surface area contributed by atoms with Crippen LogP contribution in [0.4, 0.5) is 0 Å². The lowest BCUT2D eigenvalue weighted by Crippen LogP contribution is -2.40. The van der Waals surface area contributed by atoms with Gasteiger partial charge in [0.15, 0.2) is 0 Å². The van der Waals surface area contributed by atoms with Crippen LogP contribution in [-0.2, 0) is 14.3 Å². The number of carbonyl (C=O) groups is 2. The van der Waals surface area contributed by atoms with Crippen LogP contribution in [0, 0.1) is 0 Å². The van der Waals surface area contributed by atoms with Gasteiger partial charge in [0, 0.05) is 13.0 Å². The van der Waals surface area contributed by atoms with Gasteiger partial charge in [-0.2, -0.15) is 0 Å². The number of amides is 1. The standard InChI is InChI=1S/C10H18N2O3.ClH/c1-15-9(13)5-3-7-12-10(14)8-4-2-6-11-8;/h8,11H,2-7H2,1H3,(H,12,14);1H. The zero-order valence-corrected chi connectivity index (χ0v) is 10.3. The number of rotatable bonds is 5. The number of methoxy groups -OCH3 is 1. The first-order valence-corrected chi connectivity index (χ1v) is 5.32. The van der Waals surface area contributed by atoms with Crippen molar-refractivity contribution in [1.82, 2.24) is 10.6 Å². The van der Waals surface area contributed by atoms with E-state index in [1.54, 1.807) is 0 Å². The Hall–Kier alpha value is -0.810.